The first-order valence-electron chi connectivity index (χ1n) is 8.73. The van der Waals surface area contributed by atoms with Gasteiger partial charge in [-0.05, 0) is 37.7 Å². The molecule has 6 nitrogen and oxygen atoms in total. The van der Waals surface area contributed by atoms with Gasteiger partial charge in [0.25, 0.3) is 0 Å². The first kappa shape index (κ1) is 17.0. The molecule has 2 aromatic heterocycles. The van der Waals surface area contributed by atoms with Gasteiger partial charge in [-0.25, -0.2) is 23.1 Å². The van der Waals surface area contributed by atoms with E-state index in [0.29, 0.717) is 12.3 Å². The highest BCUT2D eigenvalue weighted by molar-refractivity contribution is 7.98. The summed E-state index contributed by atoms with van der Waals surface area (Å²) in [5.41, 5.74) is 0.941. The van der Waals surface area contributed by atoms with Crippen molar-refractivity contribution in [1.82, 2.24) is 19.7 Å². The fourth-order valence-corrected chi connectivity index (χ4v) is 6.06. The van der Waals surface area contributed by atoms with E-state index in [0.717, 1.165) is 35.1 Å². The molecule has 0 bridgehead atoms. The number of hydrogen-bond acceptors (Lipinski definition) is 6. The maximum Gasteiger partial charge on any atom is 0.161 e. The minimum absolute atomic E-state index is 0.127. The van der Waals surface area contributed by atoms with Crippen molar-refractivity contribution in [3.63, 3.8) is 0 Å². The van der Waals surface area contributed by atoms with Gasteiger partial charge < -0.3 is 0 Å². The molecule has 2 aromatic rings. The summed E-state index contributed by atoms with van der Waals surface area (Å²) >= 11 is 1.57. The average Bonchev–Trinajstić information content (AvgIpc) is 3.33. The molecule has 0 spiro atoms. The standard InChI is InChI=1S/C17H22N4O2S2/c1-24-17-14(7-4-9-18-17)16-19-15(12-5-2-3-6-12)20-21(16)13-8-10-25(22,23)11-13/h4,7,9,12-13H,2-3,5-6,8,10-11H2,1H3/t13-/m1/s1. The molecule has 3 heterocycles. The third-order valence-electron chi connectivity index (χ3n) is 5.13. The lowest BCUT2D eigenvalue weighted by Crippen LogP contribution is -2.14. The van der Waals surface area contributed by atoms with Gasteiger partial charge in [0, 0.05) is 12.1 Å². The van der Waals surface area contributed by atoms with Gasteiger partial charge in [0.15, 0.2) is 21.5 Å². The second-order valence-corrected chi connectivity index (χ2v) is 9.86. The van der Waals surface area contributed by atoms with E-state index in [-0.39, 0.29) is 17.5 Å². The smallest absolute Gasteiger partial charge is 0.161 e. The fourth-order valence-electron chi connectivity index (χ4n) is 3.83. The van der Waals surface area contributed by atoms with E-state index in [2.05, 4.69) is 4.98 Å². The summed E-state index contributed by atoms with van der Waals surface area (Å²) in [4.78, 5) is 9.31. The lowest BCUT2D eigenvalue weighted by atomic mass is 10.1. The molecule has 1 aliphatic carbocycles. The molecule has 25 heavy (non-hydrogen) atoms. The van der Waals surface area contributed by atoms with Gasteiger partial charge >= 0.3 is 0 Å². The Morgan fingerprint density at radius 1 is 1.24 bits per heavy atom. The third-order valence-corrected chi connectivity index (χ3v) is 7.59. The minimum atomic E-state index is -2.98. The monoisotopic (exact) mass is 378 g/mol. The molecule has 0 N–H and O–H groups in total. The van der Waals surface area contributed by atoms with Crippen LogP contribution >= 0.6 is 11.8 Å². The molecule has 1 saturated heterocycles. The molecule has 0 radical (unpaired) electrons. The number of rotatable bonds is 4. The van der Waals surface area contributed by atoms with Crippen LogP contribution in [-0.4, -0.2) is 45.9 Å². The maximum absolute atomic E-state index is 12.0. The molecule has 0 aromatic carbocycles. The maximum atomic E-state index is 12.0. The average molecular weight is 379 g/mol. The molecule has 2 fully saturated rings. The summed E-state index contributed by atoms with van der Waals surface area (Å²) in [5, 5.41) is 5.69. The Kier molecular flexibility index (Phi) is 4.58. The van der Waals surface area contributed by atoms with Crippen LogP contribution in [0, 0.1) is 0 Å². The summed E-state index contributed by atoms with van der Waals surface area (Å²) in [5.74, 6) is 2.42. The van der Waals surface area contributed by atoms with Crippen molar-refractivity contribution < 1.29 is 8.42 Å². The number of sulfone groups is 1. The van der Waals surface area contributed by atoms with E-state index in [1.807, 2.05) is 23.1 Å². The first-order valence-corrected chi connectivity index (χ1v) is 11.8. The number of pyridine rings is 1. The van der Waals surface area contributed by atoms with Crippen LogP contribution in [0.1, 0.15) is 49.9 Å². The number of thioether (sulfide) groups is 1. The zero-order chi connectivity index (χ0) is 17.4. The SMILES string of the molecule is CSc1ncccc1-c1nc(C2CCCC2)nn1[C@@H]1CCS(=O)(=O)C1. The predicted molar refractivity (Wildman–Crippen MR) is 98.6 cm³/mol. The Bertz CT molecular complexity index is 873. The van der Waals surface area contributed by atoms with Crippen LogP contribution in [0.3, 0.4) is 0 Å². The summed E-state index contributed by atoms with van der Waals surface area (Å²) in [6.45, 7) is 0. The van der Waals surface area contributed by atoms with E-state index in [9.17, 15) is 8.42 Å². The van der Waals surface area contributed by atoms with Crippen molar-refractivity contribution in [1.29, 1.82) is 0 Å². The van der Waals surface area contributed by atoms with Gasteiger partial charge in [0.05, 0.1) is 23.1 Å². The van der Waals surface area contributed by atoms with Crippen LogP contribution in [0.4, 0.5) is 0 Å². The van der Waals surface area contributed by atoms with Crippen molar-refractivity contribution in [3.05, 3.63) is 24.2 Å². The molecule has 0 amide bonds. The molecular formula is C17H22N4O2S2. The van der Waals surface area contributed by atoms with Gasteiger partial charge in [-0.2, -0.15) is 5.10 Å². The molecule has 8 heteroatoms. The highest BCUT2D eigenvalue weighted by atomic mass is 32.2. The summed E-state index contributed by atoms with van der Waals surface area (Å²) in [7, 11) is -2.98. The van der Waals surface area contributed by atoms with Crippen molar-refractivity contribution in [2.45, 2.75) is 49.1 Å². The summed E-state index contributed by atoms with van der Waals surface area (Å²) < 4.78 is 25.8. The fraction of sp³-hybridized carbons (Fsp3) is 0.588. The van der Waals surface area contributed by atoms with Crippen LogP contribution in [-0.2, 0) is 9.84 Å². The first-order chi connectivity index (χ1) is 12.1. The van der Waals surface area contributed by atoms with Crippen molar-refractivity contribution >= 4 is 21.6 Å². The molecular weight excluding hydrogens is 356 g/mol. The zero-order valence-electron chi connectivity index (χ0n) is 14.3. The van der Waals surface area contributed by atoms with Gasteiger partial charge in [0.1, 0.15) is 5.03 Å². The topological polar surface area (TPSA) is 77.7 Å². The van der Waals surface area contributed by atoms with Crippen molar-refractivity contribution in [3.8, 4) is 11.4 Å². The normalized spacial score (nSPS) is 23.3. The molecule has 1 atom stereocenters. The van der Waals surface area contributed by atoms with E-state index >= 15 is 0 Å². The molecule has 4 rings (SSSR count). The Morgan fingerprint density at radius 2 is 2.04 bits per heavy atom. The van der Waals surface area contributed by atoms with Crippen LogP contribution < -0.4 is 0 Å². The second kappa shape index (κ2) is 6.72. The molecule has 1 saturated carbocycles. The minimum Gasteiger partial charge on any atom is -0.249 e. The molecule has 134 valence electrons. The van der Waals surface area contributed by atoms with Gasteiger partial charge in [-0.3, -0.25) is 0 Å². The van der Waals surface area contributed by atoms with Crippen LogP contribution in [0.2, 0.25) is 0 Å². The Balaban J connectivity index is 1.80. The van der Waals surface area contributed by atoms with Crippen molar-refractivity contribution in [2.75, 3.05) is 17.8 Å². The van der Waals surface area contributed by atoms with Gasteiger partial charge in [-0.15, -0.1) is 11.8 Å². The lowest BCUT2D eigenvalue weighted by molar-refractivity contribution is 0.493. The van der Waals surface area contributed by atoms with Gasteiger partial charge in [0.2, 0.25) is 0 Å². The lowest BCUT2D eigenvalue weighted by Gasteiger charge is -2.13. The largest absolute Gasteiger partial charge is 0.249 e. The summed E-state index contributed by atoms with van der Waals surface area (Å²) in [6.07, 6.45) is 9.05. The number of hydrogen-bond donors (Lipinski definition) is 0. The van der Waals surface area contributed by atoms with E-state index in [1.165, 1.54) is 12.8 Å². The Hall–Kier alpha value is -1.41. The molecule has 0 unspecified atom stereocenters. The number of nitrogens with zero attached hydrogens (tertiary/aromatic N) is 4. The summed E-state index contributed by atoms with van der Waals surface area (Å²) in [6, 6.07) is 3.77. The van der Waals surface area contributed by atoms with Crippen LogP contribution in [0.15, 0.2) is 23.4 Å². The predicted octanol–water partition coefficient (Wildman–Crippen LogP) is 3.08. The van der Waals surface area contributed by atoms with Crippen LogP contribution in [0.25, 0.3) is 11.4 Å². The highest BCUT2D eigenvalue weighted by Gasteiger charge is 2.33. The van der Waals surface area contributed by atoms with Crippen LogP contribution in [0.5, 0.6) is 0 Å². The van der Waals surface area contributed by atoms with E-state index in [1.54, 1.807) is 18.0 Å². The van der Waals surface area contributed by atoms with Crippen molar-refractivity contribution in [2.24, 2.45) is 0 Å². The molecule has 1 aliphatic heterocycles. The third kappa shape index (κ3) is 3.33. The molecule has 2 aliphatic rings. The Morgan fingerprint density at radius 3 is 2.72 bits per heavy atom. The Labute approximate surface area is 152 Å². The zero-order valence-corrected chi connectivity index (χ0v) is 15.9. The highest BCUT2D eigenvalue weighted by Crippen LogP contribution is 2.37. The van der Waals surface area contributed by atoms with E-state index in [4.69, 9.17) is 10.1 Å². The van der Waals surface area contributed by atoms with Gasteiger partial charge in [-0.1, -0.05) is 12.8 Å². The van der Waals surface area contributed by atoms with E-state index < -0.39 is 9.84 Å². The number of aromatic nitrogens is 4. The second-order valence-electron chi connectivity index (χ2n) is 6.84. The quantitative estimate of drug-likeness (QED) is 0.761.